The van der Waals surface area contributed by atoms with Gasteiger partial charge in [-0.1, -0.05) is 36.8 Å². The maximum absolute atomic E-state index is 14.1. The molecule has 0 spiro atoms. The third kappa shape index (κ3) is 5.29. The zero-order chi connectivity index (χ0) is 25.1. The molecule has 0 radical (unpaired) electrons. The third-order valence-corrected chi connectivity index (χ3v) is 8.04. The zero-order valence-corrected chi connectivity index (χ0v) is 21.4. The molecular weight excluding hydrogens is 474 g/mol. The number of benzene rings is 2. The Kier molecular flexibility index (Phi) is 7.34. The van der Waals surface area contributed by atoms with Gasteiger partial charge in [0.05, 0.1) is 24.1 Å². The molecule has 1 aromatic heterocycles. The van der Waals surface area contributed by atoms with Crippen LogP contribution in [0.25, 0.3) is 10.4 Å². The molecule has 5 rings (SSSR count). The molecule has 1 saturated carbocycles. The summed E-state index contributed by atoms with van der Waals surface area (Å²) in [6, 6.07) is 14.0. The van der Waals surface area contributed by atoms with Crippen LogP contribution in [0.1, 0.15) is 63.9 Å². The first-order valence-electron chi connectivity index (χ1n) is 12.4. The van der Waals surface area contributed by atoms with E-state index in [1.165, 1.54) is 0 Å². The molecule has 0 bridgehead atoms. The number of methoxy groups -OCH3 is 2. The van der Waals surface area contributed by atoms with Crippen molar-refractivity contribution in [1.29, 1.82) is 0 Å². The number of carbonyl (C=O) groups excluding carboxylic acids is 2. The van der Waals surface area contributed by atoms with Crippen LogP contribution in [0.15, 0.2) is 48.5 Å². The van der Waals surface area contributed by atoms with Crippen LogP contribution in [0.5, 0.6) is 11.5 Å². The third-order valence-electron chi connectivity index (χ3n) is 6.77. The second kappa shape index (κ2) is 10.8. The number of Topliss-reactive ketones (excluding diaryl/α,β-unsaturated/α-hetero) is 1. The van der Waals surface area contributed by atoms with Crippen LogP contribution in [-0.4, -0.2) is 49.5 Å². The summed E-state index contributed by atoms with van der Waals surface area (Å²) in [6.45, 7) is 0.813. The van der Waals surface area contributed by atoms with Gasteiger partial charge in [0, 0.05) is 23.6 Å². The van der Waals surface area contributed by atoms with Crippen LogP contribution in [0.4, 0.5) is 0 Å². The maximum Gasteiger partial charge on any atom is 0.252 e. The Morgan fingerprint density at radius 3 is 2.36 bits per heavy atom. The van der Waals surface area contributed by atoms with Gasteiger partial charge in [-0.2, -0.15) is 0 Å². The number of nitrogens with zero attached hydrogens (tertiary/aromatic N) is 1. The first-order valence-corrected chi connectivity index (χ1v) is 13.3. The minimum Gasteiger partial charge on any atom is -0.497 e. The normalized spacial score (nSPS) is 18.3. The highest BCUT2D eigenvalue weighted by atomic mass is 32.1. The maximum atomic E-state index is 14.1. The van der Waals surface area contributed by atoms with Gasteiger partial charge < -0.3 is 20.1 Å². The molecule has 1 amide bonds. The summed E-state index contributed by atoms with van der Waals surface area (Å²) in [7, 11) is 3.08. The molecule has 1 aliphatic heterocycles. The highest BCUT2D eigenvalue weighted by molar-refractivity contribution is 7.15. The Balaban J connectivity index is 1.50. The fraction of sp³-hybridized carbons (Fsp3) is 0.393. The van der Waals surface area contributed by atoms with E-state index < -0.39 is 6.04 Å². The van der Waals surface area contributed by atoms with Gasteiger partial charge in [0.25, 0.3) is 5.91 Å². The number of thiazole rings is 1. The van der Waals surface area contributed by atoms with Crippen molar-refractivity contribution in [2.75, 3.05) is 20.8 Å². The smallest absolute Gasteiger partial charge is 0.252 e. The number of piperidine rings is 1. The largest absolute Gasteiger partial charge is 0.497 e. The first-order chi connectivity index (χ1) is 17.6. The van der Waals surface area contributed by atoms with Crippen LogP contribution in [0.2, 0.25) is 0 Å². The highest BCUT2D eigenvalue weighted by Gasteiger charge is 2.37. The molecule has 2 aliphatic rings. The molecular formula is C28H31N3O4S. The number of ether oxygens (including phenoxy) is 2. The Morgan fingerprint density at radius 1 is 1.03 bits per heavy atom. The Labute approximate surface area is 215 Å². The average Bonchev–Trinajstić information content (AvgIpc) is 3.69. The second-order valence-electron chi connectivity index (χ2n) is 9.34. The van der Waals surface area contributed by atoms with Gasteiger partial charge in [-0.25, -0.2) is 4.98 Å². The summed E-state index contributed by atoms with van der Waals surface area (Å²) < 4.78 is 10.7. The number of rotatable bonds is 9. The monoisotopic (exact) mass is 505 g/mol. The van der Waals surface area contributed by atoms with Crippen molar-refractivity contribution >= 4 is 23.0 Å². The molecule has 1 aliphatic carbocycles. The summed E-state index contributed by atoms with van der Waals surface area (Å²) in [5.41, 5.74) is 1.80. The predicted molar refractivity (Wildman–Crippen MR) is 140 cm³/mol. The Morgan fingerprint density at radius 2 is 1.75 bits per heavy atom. The van der Waals surface area contributed by atoms with Gasteiger partial charge in [-0.3, -0.25) is 9.59 Å². The molecule has 2 N–H and O–H groups in total. The van der Waals surface area contributed by atoms with Gasteiger partial charge in [-0.15, -0.1) is 11.3 Å². The minimum absolute atomic E-state index is 0.153. The van der Waals surface area contributed by atoms with Crippen molar-refractivity contribution < 1.29 is 19.1 Å². The fourth-order valence-electron chi connectivity index (χ4n) is 4.62. The molecule has 36 heavy (non-hydrogen) atoms. The molecule has 1 unspecified atom stereocenters. The quantitative estimate of drug-likeness (QED) is 0.405. The number of carbonyl (C=O) groups is 2. The predicted octanol–water partition coefficient (Wildman–Crippen LogP) is 4.83. The molecule has 2 atom stereocenters. The summed E-state index contributed by atoms with van der Waals surface area (Å²) >= 11 is 1.60. The van der Waals surface area contributed by atoms with Crippen LogP contribution in [0, 0.1) is 0 Å². The number of hydrogen-bond acceptors (Lipinski definition) is 7. The molecule has 7 nitrogen and oxygen atoms in total. The Bertz CT molecular complexity index is 1210. The van der Waals surface area contributed by atoms with Crippen LogP contribution < -0.4 is 20.1 Å². The average molecular weight is 506 g/mol. The molecule has 188 valence electrons. The molecule has 2 heterocycles. The number of aromatic nitrogens is 1. The van der Waals surface area contributed by atoms with Crippen LogP contribution in [-0.2, 0) is 0 Å². The Hall–Kier alpha value is -3.23. The summed E-state index contributed by atoms with van der Waals surface area (Å²) in [5.74, 6) is 0.955. The van der Waals surface area contributed by atoms with E-state index in [2.05, 4.69) is 10.6 Å². The minimum atomic E-state index is -0.744. The van der Waals surface area contributed by atoms with Crippen LogP contribution in [0.3, 0.4) is 0 Å². The van der Waals surface area contributed by atoms with Crippen LogP contribution >= 0.6 is 11.3 Å². The molecule has 1 saturated heterocycles. The lowest BCUT2D eigenvalue weighted by molar-refractivity contribution is 0.0823. The van der Waals surface area contributed by atoms with Crippen molar-refractivity contribution in [1.82, 2.24) is 15.6 Å². The molecule has 2 aromatic carbocycles. The van der Waals surface area contributed by atoms with E-state index in [1.807, 2.05) is 30.3 Å². The van der Waals surface area contributed by atoms with Crippen molar-refractivity contribution in [3.63, 3.8) is 0 Å². The lowest BCUT2D eigenvalue weighted by Crippen LogP contribution is -2.55. The molecule has 8 heteroatoms. The number of hydrogen-bond donors (Lipinski definition) is 2. The summed E-state index contributed by atoms with van der Waals surface area (Å²) in [5, 5.41) is 7.51. The first kappa shape index (κ1) is 24.5. The van der Waals surface area contributed by atoms with E-state index in [4.69, 9.17) is 14.5 Å². The number of nitrogens with one attached hydrogen (secondary N) is 2. The van der Waals surface area contributed by atoms with Gasteiger partial charge >= 0.3 is 0 Å². The van der Waals surface area contributed by atoms with E-state index in [-0.39, 0.29) is 17.7 Å². The summed E-state index contributed by atoms with van der Waals surface area (Å²) in [6.07, 6.45) is 5.07. The lowest BCUT2D eigenvalue weighted by Gasteiger charge is -2.31. The van der Waals surface area contributed by atoms with Gasteiger partial charge in [0.2, 0.25) is 5.78 Å². The second-order valence-corrected chi connectivity index (χ2v) is 10.4. The van der Waals surface area contributed by atoms with Gasteiger partial charge in [0.15, 0.2) is 0 Å². The van der Waals surface area contributed by atoms with Crippen molar-refractivity contribution in [3.05, 3.63) is 64.8 Å². The van der Waals surface area contributed by atoms with Crippen molar-refractivity contribution in [2.45, 2.75) is 50.1 Å². The van der Waals surface area contributed by atoms with Gasteiger partial charge in [0.1, 0.15) is 23.2 Å². The van der Waals surface area contributed by atoms with Crippen molar-refractivity contribution in [2.24, 2.45) is 0 Å². The number of amides is 1. The fourth-order valence-corrected chi connectivity index (χ4v) is 5.86. The zero-order valence-electron chi connectivity index (χ0n) is 20.6. The van der Waals surface area contributed by atoms with E-state index in [1.54, 1.807) is 43.8 Å². The standard InChI is InChI=1S/C28H31N3O4S/c1-34-20-14-19(15-21(16-20)35-2)27(33)30-23(22-10-6-7-13-29-22)25(32)24-26(17-8-4-3-5-9-17)36-28(31-24)18-11-12-18/h3-5,8-9,14-16,18,22-23,29H,6-7,10-13H2,1-2H3,(H,30,33)/t22?,23-/m0/s1. The highest BCUT2D eigenvalue weighted by Crippen LogP contribution is 2.45. The van der Waals surface area contributed by atoms with E-state index in [0.29, 0.717) is 28.7 Å². The van der Waals surface area contributed by atoms with E-state index in [0.717, 1.165) is 54.1 Å². The van der Waals surface area contributed by atoms with E-state index in [9.17, 15) is 9.59 Å². The lowest BCUT2D eigenvalue weighted by atomic mass is 9.92. The molecule has 3 aromatic rings. The van der Waals surface area contributed by atoms with E-state index >= 15 is 0 Å². The van der Waals surface area contributed by atoms with Crippen molar-refractivity contribution in [3.8, 4) is 21.9 Å². The summed E-state index contributed by atoms with van der Waals surface area (Å²) in [4.78, 5) is 33.3. The SMILES string of the molecule is COc1cc(OC)cc(C(=O)N[C@H](C(=O)c2nc(C3CC3)sc2-c2ccccc2)C2CCCCN2)c1. The topological polar surface area (TPSA) is 89.5 Å². The van der Waals surface area contributed by atoms with Gasteiger partial charge in [-0.05, 0) is 49.9 Å². The number of ketones is 1. The molecule has 2 fully saturated rings.